The standard InChI is InChI=1S/C12H12ClN3O2/c1-8(12(17)15-11-5-6-14-16-11)18-10-4-2-3-9(13)7-10/h2-8H,1H3,(H2,14,15,16,17). The van der Waals surface area contributed by atoms with Crippen molar-refractivity contribution in [2.45, 2.75) is 13.0 Å². The summed E-state index contributed by atoms with van der Waals surface area (Å²) in [4.78, 5) is 11.8. The number of ether oxygens (including phenoxy) is 1. The van der Waals surface area contributed by atoms with E-state index in [9.17, 15) is 4.79 Å². The number of halogens is 1. The lowest BCUT2D eigenvalue weighted by molar-refractivity contribution is -0.122. The van der Waals surface area contributed by atoms with Crippen LogP contribution < -0.4 is 10.1 Å². The lowest BCUT2D eigenvalue weighted by atomic mass is 10.3. The van der Waals surface area contributed by atoms with Gasteiger partial charge in [0.05, 0.1) is 6.20 Å². The van der Waals surface area contributed by atoms with Gasteiger partial charge >= 0.3 is 0 Å². The second-order valence-corrected chi connectivity index (χ2v) is 4.11. The van der Waals surface area contributed by atoms with Crippen molar-refractivity contribution in [3.8, 4) is 5.75 Å². The van der Waals surface area contributed by atoms with Gasteiger partial charge in [0.25, 0.3) is 5.91 Å². The van der Waals surface area contributed by atoms with Gasteiger partial charge in [0.15, 0.2) is 6.10 Å². The Balaban J connectivity index is 1.95. The first kappa shape index (κ1) is 12.4. The first-order chi connectivity index (χ1) is 8.65. The van der Waals surface area contributed by atoms with E-state index in [0.29, 0.717) is 16.6 Å². The predicted octanol–water partition coefficient (Wildman–Crippen LogP) is 2.47. The molecule has 5 nitrogen and oxygen atoms in total. The van der Waals surface area contributed by atoms with Gasteiger partial charge in [0, 0.05) is 11.1 Å². The molecule has 2 aromatic rings. The molecule has 0 radical (unpaired) electrons. The number of aromatic nitrogens is 2. The minimum Gasteiger partial charge on any atom is -0.481 e. The van der Waals surface area contributed by atoms with Crippen molar-refractivity contribution >= 4 is 23.3 Å². The molecule has 1 heterocycles. The van der Waals surface area contributed by atoms with Gasteiger partial charge in [-0.25, -0.2) is 0 Å². The number of H-pyrrole nitrogens is 1. The third kappa shape index (κ3) is 3.24. The van der Waals surface area contributed by atoms with Crippen LogP contribution in [0.1, 0.15) is 6.92 Å². The van der Waals surface area contributed by atoms with Gasteiger partial charge < -0.3 is 10.1 Å². The molecule has 0 aliphatic carbocycles. The van der Waals surface area contributed by atoms with E-state index in [1.165, 1.54) is 0 Å². The van der Waals surface area contributed by atoms with Gasteiger partial charge in [-0.2, -0.15) is 5.10 Å². The Labute approximate surface area is 109 Å². The van der Waals surface area contributed by atoms with Crippen molar-refractivity contribution in [2.24, 2.45) is 0 Å². The molecule has 0 spiro atoms. The molecule has 1 aromatic carbocycles. The van der Waals surface area contributed by atoms with Crippen LogP contribution in [0.5, 0.6) is 5.75 Å². The Morgan fingerprint density at radius 3 is 3.00 bits per heavy atom. The average Bonchev–Trinajstić information content (AvgIpc) is 2.81. The maximum atomic E-state index is 11.8. The summed E-state index contributed by atoms with van der Waals surface area (Å²) in [6.45, 7) is 1.66. The smallest absolute Gasteiger partial charge is 0.266 e. The van der Waals surface area contributed by atoms with E-state index in [2.05, 4.69) is 15.5 Å². The number of amides is 1. The van der Waals surface area contributed by atoms with E-state index in [-0.39, 0.29) is 5.91 Å². The predicted molar refractivity (Wildman–Crippen MR) is 68.8 cm³/mol. The van der Waals surface area contributed by atoms with Gasteiger partial charge in [-0.3, -0.25) is 9.89 Å². The summed E-state index contributed by atoms with van der Waals surface area (Å²) in [5, 5.41) is 9.57. The molecule has 1 amide bonds. The normalized spacial score (nSPS) is 11.9. The summed E-state index contributed by atoms with van der Waals surface area (Å²) in [7, 11) is 0. The fourth-order valence-electron chi connectivity index (χ4n) is 1.36. The van der Waals surface area contributed by atoms with Crippen molar-refractivity contribution in [1.29, 1.82) is 0 Å². The topological polar surface area (TPSA) is 67.0 Å². The lowest BCUT2D eigenvalue weighted by Gasteiger charge is -2.14. The fraction of sp³-hybridized carbons (Fsp3) is 0.167. The van der Waals surface area contributed by atoms with Crippen LogP contribution in [0.2, 0.25) is 5.02 Å². The van der Waals surface area contributed by atoms with Gasteiger partial charge in [0.2, 0.25) is 0 Å². The summed E-state index contributed by atoms with van der Waals surface area (Å²) < 4.78 is 5.47. The van der Waals surface area contributed by atoms with Gasteiger partial charge in [-0.15, -0.1) is 0 Å². The number of aromatic amines is 1. The van der Waals surface area contributed by atoms with Crippen molar-refractivity contribution in [3.63, 3.8) is 0 Å². The van der Waals surface area contributed by atoms with E-state index >= 15 is 0 Å². The third-order valence-electron chi connectivity index (χ3n) is 2.24. The van der Waals surface area contributed by atoms with E-state index < -0.39 is 6.10 Å². The van der Waals surface area contributed by atoms with Crippen LogP contribution in [-0.2, 0) is 4.79 Å². The number of hydrogen-bond acceptors (Lipinski definition) is 3. The maximum Gasteiger partial charge on any atom is 0.266 e. The van der Waals surface area contributed by atoms with Crippen LogP contribution in [0.25, 0.3) is 0 Å². The van der Waals surface area contributed by atoms with Crippen molar-refractivity contribution in [1.82, 2.24) is 10.2 Å². The Bertz CT molecular complexity index is 528. The summed E-state index contributed by atoms with van der Waals surface area (Å²) in [5.74, 6) is 0.815. The molecule has 2 N–H and O–H groups in total. The van der Waals surface area contributed by atoms with Crippen LogP contribution in [0, 0.1) is 0 Å². The van der Waals surface area contributed by atoms with Gasteiger partial charge in [-0.05, 0) is 25.1 Å². The Kier molecular flexibility index (Phi) is 3.84. The SMILES string of the molecule is CC(Oc1cccc(Cl)c1)C(=O)Nc1ccn[nH]1. The van der Waals surface area contributed by atoms with Crippen LogP contribution in [0.4, 0.5) is 5.82 Å². The molecule has 1 atom stereocenters. The minimum absolute atomic E-state index is 0.265. The molecule has 18 heavy (non-hydrogen) atoms. The lowest BCUT2D eigenvalue weighted by Crippen LogP contribution is -2.30. The molecule has 1 unspecified atom stereocenters. The third-order valence-corrected chi connectivity index (χ3v) is 2.47. The summed E-state index contributed by atoms with van der Waals surface area (Å²) in [5.41, 5.74) is 0. The van der Waals surface area contributed by atoms with Crippen LogP contribution in [0.3, 0.4) is 0 Å². The molecular weight excluding hydrogens is 254 g/mol. The molecular formula is C12H12ClN3O2. The highest BCUT2D eigenvalue weighted by atomic mass is 35.5. The number of nitrogens with zero attached hydrogens (tertiary/aromatic N) is 1. The second-order valence-electron chi connectivity index (χ2n) is 3.68. The summed E-state index contributed by atoms with van der Waals surface area (Å²) in [6.07, 6.45) is 0.921. The van der Waals surface area contributed by atoms with E-state index in [4.69, 9.17) is 16.3 Å². The number of nitrogens with one attached hydrogen (secondary N) is 2. The van der Waals surface area contributed by atoms with Crippen molar-refractivity contribution in [2.75, 3.05) is 5.32 Å². The Morgan fingerprint density at radius 2 is 2.33 bits per heavy atom. The molecule has 1 aromatic heterocycles. The van der Waals surface area contributed by atoms with Crippen LogP contribution in [0.15, 0.2) is 36.5 Å². The monoisotopic (exact) mass is 265 g/mol. The fourth-order valence-corrected chi connectivity index (χ4v) is 1.54. The molecule has 94 valence electrons. The molecule has 2 rings (SSSR count). The van der Waals surface area contributed by atoms with Gasteiger partial charge in [-0.1, -0.05) is 17.7 Å². The summed E-state index contributed by atoms with van der Waals surface area (Å²) >= 11 is 5.83. The average molecular weight is 266 g/mol. The zero-order chi connectivity index (χ0) is 13.0. The highest BCUT2D eigenvalue weighted by Crippen LogP contribution is 2.18. The zero-order valence-corrected chi connectivity index (χ0v) is 10.4. The molecule has 0 saturated carbocycles. The van der Waals surface area contributed by atoms with E-state index in [0.717, 1.165) is 0 Å². The number of rotatable bonds is 4. The van der Waals surface area contributed by atoms with Gasteiger partial charge in [0.1, 0.15) is 11.6 Å². The number of carbonyl (C=O) groups excluding carboxylic acids is 1. The number of anilines is 1. The molecule has 0 aliphatic rings. The molecule has 0 saturated heterocycles. The summed E-state index contributed by atoms with van der Waals surface area (Å²) in [6, 6.07) is 8.55. The Hall–Kier alpha value is -2.01. The molecule has 6 heteroatoms. The minimum atomic E-state index is -0.633. The van der Waals surface area contributed by atoms with E-state index in [1.807, 2.05) is 0 Å². The van der Waals surface area contributed by atoms with Crippen molar-refractivity contribution in [3.05, 3.63) is 41.6 Å². The quantitative estimate of drug-likeness (QED) is 0.892. The number of carbonyl (C=O) groups is 1. The van der Waals surface area contributed by atoms with Crippen LogP contribution >= 0.6 is 11.6 Å². The molecule has 0 bridgehead atoms. The maximum absolute atomic E-state index is 11.8. The van der Waals surface area contributed by atoms with Crippen LogP contribution in [-0.4, -0.2) is 22.2 Å². The van der Waals surface area contributed by atoms with E-state index in [1.54, 1.807) is 43.5 Å². The molecule has 0 fully saturated rings. The first-order valence-electron chi connectivity index (χ1n) is 5.37. The second kappa shape index (κ2) is 5.55. The largest absolute Gasteiger partial charge is 0.481 e. The highest BCUT2D eigenvalue weighted by Gasteiger charge is 2.15. The first-order valence-corrected chi connectivity index (χ1v) is 5.75. The molecule has 0 aliphatic heterocycles. The zero-order valence-electron chi connectivity index (χ0n) is 9.68. The number of benzene rings is 1. The Morgan fingerprint density at radius 1 is 1.50 bits per heavy atom. The van der Waals surface area contributed by atoms with Crippen molar-refractivity contribution < 1.29 is 9.53 Å². The number of hydrogen-bond donors (Lipinski definition) is 2. The highest BCUT2D eigenvalue weighted by molar-refractivity contribution is 6.30.